The van der Waals surface area contributed by atoms with Crippen LogP contribution in [-0.4, -0.2) is 73.1 Å². The number of carboxylic acids is 1. The second-order valence-corrected chi connectivity index (χ2v) is 7.89. The average Bonchev–Trinajstić information content (AvgIpc) is 3.53. The average molecular weight is 475 g/mol. The first-order chi connectivity index (χ1) is 16.6. The second kappa shape index (κ2) is 13.3. The highest BCUT2D eigenvalue weighted by atomic mass is 16.6. The zero-order chi connectivity index (χ0) is 24.2. The minimum absolute atomic E-state index is 0.0179. The van der Waals surface area contributed by atoms with E-state index in [0.29, 0.717) is 19.3 Å². The van der Waals surface area contributed by atoms with Crippen molar-refractivity contribution in [1.82, 2.24) is 21.3 Å². The summed E-state index contributed by atoms with van der Waals surface area (Å²) in [6.07, 6.45) is 3.31. The molecule has 34 heavy (non-hydrogen) atoms. The molecule has 5 N–H and O–H groups in total. The highest BCUT2D eigenvalue weighted by molar-refractivity contribution is 5.86. The van der Waals surface area contributed by atoms with Crippen molar-refractivity contribution in [3.05, 3.63) is 35.9 Å². The number of alkyl carbamates (subject to hydrolysis) is 1. The van der Waals surface area contributed by atoms with Gasteiger partial charge in [0.25, 0.3) is 0 Å². The van der Waals surface area contributed by atoms with Crippen LogP contribution in [0.15, 0.2) is 40.5 Å². The van der Waals surface area contributed by atoms with Gasteiger partial charge in [-0.25, -0.2) is 9.59 Å². The van der Waals surface area contributed by atoms with Crippen LogP contribution in [0.5, 0.6) is 0 Å². The summed E-state index contributed by atoms with van der Waals surface area (Å²) in [6, 6.07) is 6.49. The lowest BCUT2D eigenvalue weighted by Gasteiger charge is -2.27. The van der Waals surface area contributed by atoms with Crippen molar-refractivity contribution in [3.8, 4) is 0 Å². The minimum Gasteiger partial charge on any atom is -0.480 e. The number of hydrogen-bond acceptors (Lipinski definition) is 9. The number of aliphatic imine (C=N–C) groups is 1. The van der Waals surface area contributed by atoms with Gasteiger partial charge in [0.2, 0.25) is 6.41 Å². The van der Waals surface area contributed by atoms with Gasteiger partial charge in [0.1, 0.15) is 6.61 Å². The molecule has 0 spiro atoms. The molecule has 0 bridgehead atoms. The lowest BCUT2D eigenvalue weighted by atomic mass is 9.97. The smallest absolute Gasteiger partial charge is 0.408 e. The number of rotatable bonds is 14. The first-order valence-electron chi connectivity index (χ1n) is 11.2. The molecule has 1 aromatic carbocycles. The summed E-state index contributed by atoms with van der Waals surface area (Å²) in [5.41, 5.74) is 1.53. The number of carbonyl (C=O) groups excluding carboxylic acids is 2. The van der Waals surface area contributed by atoms with E-state index in [1.54, 1.807) is 24.3 Å². The van der Waals surface area contributed by atoms with E-state index < -0.39 is 30.3 Å². The van der Waals surface area contributed by atoms with E-state index >= 15 is 0 Å². The van der Waals surface area contributed by atoms with Gasteiger partial charge in [0.05, 0.1) is 11.8 Å². The third-order valence-corrected chi connectivity index (χ3v) is 5.41. The standard InChI is InChI=1S/C22H30N6O6/c29-14-26-18(19(20(30)31)27-22(32)33-13-15-6-2-1-3-7-15)17-12-16(28-34-17)8-4-5-9-23-21-24-10-11-25-21/h1-3,6-7,10,14,17-19,21,23,25H,4-5,8-9,11-13H2,(H,26,29)(H,27,32)(H,30,31)/t17-,18?,19?,21-/m1/s1. The predicted octanol–water partition coefficient (Wildman–Crippen LogP) is 0.343. The number of carbonyl (C=O) groups is 3. The Kier molecular flexibility index (Phi) is 9.80. The number of nitrogens with one attached hydrogen (secondary N) is 4. The Morgan fingerprint density at radius 2 is 2.12 bits per heavy atom. The number of aliphatic carboxylic acids is 1. The Labute approximate surface area is 197 Å². The second-order valence-electron chi connectivity index (χ2n) is 7.89. The van der Waals surface area contributed by atoms with Gasteiger partial charge in [-0.2, -0.15) is 0 Å². The summed E-state index contributed by atoms with van der Waals surface area (Å²) in [6.45, 7) is 1.54. The van der Waals surface area contributed by atoms with Gasteiger partial charge in [-0.3, -0.25) is 20.4 Å². The molecule has 2 amide bonds. The van der Waals surface area contributed by atoms with Crippen LogP contribution in [0, 0.1) is 0 Å². The summed E-state index contributed by atoms with van der Waals surface area (Å²) < 4.78 is 5.12. The molecule has 4 atom stereocenters. The Balaban J connectivity index is 1.45. The number of hydrogen-bond donors (Lipinski definition) is 5. The normalized spacial score (nSPS) is 20.6. The van der Waals surface area contributed by atoms with Gasteiger partial charge in [0.15, 0.2) is 18.4 Å². The molecule has 2 unspecified atom stereocenters. The van der Waals surface area contributed by atoms with Crippen molar-refractivity contribution < 1.29 is 29.1 Å². The van der Waals surface area contributed by atoms with Crippen molar-refractivity contribution in [2.45, 2.75) is 56.8 Å². The lowest BCUT2D eigenvalue weighted by molar-refractivity contribution is -0.141. The maximum atomic E-state index is 12.2. The van der Waals surface area contributed by atoms with Gasteiger partial charge < -0.3 is 25.3 Å². The number of benzene rings is 1. The molecule has 0 radical (unpaired) electrons. The molecule has 0 aliphatic carbocycles. The Bertz CT molecular complexity index is 880. The van der Waals surface area contributed by atoms with E-state index in [9.17, 15) is 19.5 Å². The van der Waals surface area contributed by atoms with Gasteiger partial charge in [-0.1, -0.05) is 35.5 Å². The van der Waals surface area contributed by atoms with E-state index in [4.69, 9.17) is 9.57 Å². The number of amides is 2. The van der Waals surface area contributed by atoms with Crippen molar-refractivity contribution in [2.24, 2.45) is 10.1 Å². The largest absolute Gasteiger partial charge is 0.480 e. The molecule has 1 aromatic rings. The first kappa shape index (κ1) is 25.1. The monoisotopic (exact) mass is 474 g/mol. The third-order valence-electron chi connectivity index (χ3n) is 5.41. The van der Waals surface area contributed by atoms with Crippen LogP contribution in [0.3, 0.4) is 0 Å². The molecule has 0 fully saturated rings. The lowest BCUT2D eigenvalue weighted by Crippen LogP contribution is -2.59. The number of oxime groups is 1. The van der Waals surface area contributed by atoms with Crippen molar-refractivity contribution >= 4 is 30.4 Å². The Hall–Kier alpha value is -3.51. The molecule has 12 nitrogen and oxygen atoms in total. The van der Waals surface area contributed by atoms with Gasteiger partial charge in [-0.15, -0.1) is 0 Å². The molecule has 0 aromatic heterocycles. The quantitative estimate of drug-likeness (QED) is 0.190. The topological polar surface area (TPSA) is 163 Å². The SMILES string of the molecule is O=CNC(C(NC(=O)OCc1ccccc1)C(=O)O)[C@H]1CC(CCCCN[C@@H]2N=CCN2)=NO1. The summed E-state index contributed by atoms with van der Waals surface area (Å²) in [4.78, 5) is 44.9. The molecule has 2 aliphatic rings. The summed E-state index contributed by atoms with van der Waals surface area (Å²) in [5, 5.41) is 24.9. The van der Waals surface area contributed by atoms with E-state index in [0.717, 1.165) is 37.2 Å². The van der Waals surface area contributed by atoms with E-state index in [2.05, 4.69) is 31.4 Å². The zero-order valence-electron chi connectivity index (χ0n) is 18.7. The van der Waals surface area contributed by atoms with E-state index in [1.807, 2.05) is 12.3 Å². The molecule has 0 saturated carbocycles. The number of ether oxygens (including phenoxy) is 1. The van der Waals surface area contributed by atoms with E-state index in [-0.39, 0.29) is 12.9 Å². The molecule has 184 valence electrons. The number of unbranched alkanes of at least 4 members (excludes halogenated alkanes) is 1. The van der Waals surface area contributed by atoms with Gasteiger partial charge >= 0.3 is 12.1 Å². The maximum Gasteiger partial charge on any atom is 0.408 e. The highest BCUT2D eigenvalue weighted by Gasteiger charge is 2.40. The summed E-state index contributed by atoms with van der Waals surface area (Å²) >= 11 is 0. The van der Waals surface area contributed by atoms with Gasteiger partial charge in [-0.05, 0) is 31.4 Å². The fourth-order valence-electron chi connectivity index (χ4n) is 3.68. The van der Waals surface area contributed by atoms with Crippen LogP contribution in [-0.2, 0) is 25.8 Å². The molecule has 2 aliphatic heterocycles. The fraction of sp³-hybridized carbons (Fsp3) is 0.500. The first-order valence-corrected chi connectivity index (χ1v) is 11.2. The Morgan fingerprint density at radius 3 is 2.82 bits per heavy atom. The number of nitrogens with zero attached hydrogens (tertiary/aromatic N) is 2. The van der Waals surface area contributed by atoms with Crippen LogP contribution in [0.4, 0.5) is 4.79 Å². The molecule has 2 heterocycles. The summed E-state index contributed by atoms with van der Waals surface area (Å²) in [5.74, 6) is -1.33. The van der Waals surface area contributed by atoms with Crippen LogP contribution in [0.2, 0.25) is 0 Å². The zero-order valence-corrected chi connectivity index (χ0v) is 18.7. The molecule has 0 saturated heterocycles. The van der Waals surface area contributed by atoms with Crippen LogP contribution in [0.25, 0.3) is 0 Å². The Morgan fingerprint density at radius 1 is 1.29 bits per heavy atom. The summed E-state index contributed by atoms with van der Waals surface area (Å²) in [7, 11) is 0. The van der Waals surface area contributed by atoms with Crippen LogP contribution >= 0.6 is 0 Å². The highest BCUT2D eigenvalue weighted by Crippen LogP contribution is 2.20. The van der Waals surface area contributed by atoms with Gasteiger partial charge in [0, 0.05) is 19.2 Å². The van der Waals surface area contributed by atoms with Crippen molar-refractivity contribution in [1.29, 1.82) is 0 Å². The van der Waals surface area contributed by atoms with Crippen molar-refractivity contribution in [3.63, 3.8) is 0 Å². The third kappa shape index (κ3) is 7.81. The molecular weight excluding hydrogens is 444 g/mol. The number of carboxylic acid groups (broad SMARTS) is 1. The maximum absolute atomic E-state index is 12.2. The van der Waals surface area contributed by atoms with Crippen LogP contribution < -0.4 is 21.3 Å². The fourth-order valence-corrected chi connectivity index (χ4v) is 3.68. The van der Waals surface area contributed by atoms with Crippen LogP contribution in [0.1, 0.15) is 31.2 Å². The minimum atomic E-state index is -1.46. The molecule has 12 heteroatoms. The van der Waals surface area contributed by atoms with Crippen molar-refractivity contribution in [2.75, 3.05) is 13.1 Å². The van der Waals surface area contributed by atoms with E-state index in [1.165, 1.54) is 0 Å². The molecular formula is C22H30N6O6. The molecule has 3 rings (SSSR count). The predicted molar refractivity (Wildman–Crippen MR) is 123 cm³/mol.